The average molecular weight is 179 g/mol. The predicted molar refractivity (Wildman–Crippen MR) is 50.0 cm³/mol. The van der Waals surface area contributed by atoms with Crippen molar-refractivity contribution in [3.8, 4) is 11.5 Å². The maximum Gasteiger partial charge on any atom is 0.162 e. The number of nitrogens with one attached hydrogen (secondary N) is 1. The third-order valence-electron chi connectivity index (χ3n) is 2.45. The first-order chi connectivity index (χ1) is 6.33. The van der Waals surface area contributed by atoms with Crippen LogP contribution in [0.5, 0.6) is 11.5 Å². The number of phenolic OH excluding ortho intramolecular Hbond substituents is 1. The van der Waals surface area contributed by atoms with Gasteiger partial charge in [-0.15, -0.1) is 0 Å². The molecule has 2 rings (SSSR count). The monoisotopic (exact) mass is 179 g/mol. The van der Waals surface area contributed by atoms with Gasteiger partial charge in [0.05, 0.1) is 7.11 Å². The van der Waals surface area contributed by atoms with Crippen LogP contribution in [0.2, 0.25) is 0 Å². The molecule has 1 aliphatic rings. The smallest absolute Gasteiger partial charge is 0.162 e. The second-order valence-electron chi connectivity index (χ2n) is 3.19. The Morgan fingerprint density at radius 3 is 2.85 bits per heavy atom. The summed E-state index contributed by atoms with van der Waals surface area (Å²) in [6.07, 6.45) is 1.08. The Balaban J connectivity index is 2.33. The van der Waals surface area contributed by atoms with Crippen molar-refractivity contribution in [2.24, 2.45) is 0 Å². The van der Waals surface area contributed by atoms with Crippen LogP contribution in [-0.4, -0.2) is 18.8 Å². The van der Waals surface area contributed by atoms with Crippen molar-refractivity contribution < 1.29 is 9.84 Å². The van der Waals surface area contributed by atoms with Gasteiger partial charge in [0.15, 0.2) is 11.5 Å². The second-order valence-corrected chi connectivity index (χ2v) is 3.19. The molecule has 1 aromatic rings. The van der Waals surface area contributed by atoms with Crippen LogP contribution in [0.1, 0.15) is 18.0 Å². The molecule has 1 atom stereocenters. The van der Waals surface area contributed by atoms with Crippen molar-refractivity contribution in [2.75, 3.05) is 13.7 Å². The van der Waals surface area contributed by atoms with E-state index in [0.717, 1.165) is 18.5 Å². The highest BCUT2D eigenvalue weighted by Gasteiger charge is 2.22. The Kier molecular flexibility index (Phi) is 2.10. The third kappa shape index (κ3) is 1.35. The number of phenols is 1. The fraction of sp³-hybridized carbons (Fsp3) is 0.400. The van der Waals surface area contributed by atoms with Crippen molar-refractivity contribution >= 4 is 0 Å². The van der Waals surface area contributed by atoms with Crippen molar-refractivity contribution in [1.29, 1.82) is 0 Å². The quantitative estimate of drug-likeness (QED) is 0.721. The minimum atomic E-state index is 0.266. The number of ether oxygens (including phenoxy) is 1. The number of para-hydroxylation sites is 1. The van der Waals surface area contributed by atoms with E-state index in [1.54, 1.807) is 13.2 Å². The molecule has 0 amide bonds. The number of aromatic hydroxyl groups is 1. The van der Waals surface area contributed by atoms with E-state index in [1.807, 2.05) is 12.1 Å². The molecule has 70 valence electrons. The summed E-state index contributed by atoms with van der Waals surface area (Å²) in [4.78, 5) is 0. The van der Waals surface area contributed by atoms with Gasteiger partial charge in [-0.2, -0.15) is 0 Å². The van der Waals surface area contributed by atoms with Crippen molar-refractivity contribution in [1.82, 2.24) is 5.32 Å². The molecule has 1 fully saturated rings. The van der Waals surface area contributed by atoms with E-state index in [9.17, 15) is 5.11 Å². The van der Waals surface area contributed by atoms with Crippen molar-refractivity contribution in [2.45, 2.75) is 12.5 Å². The Hall–Kier alpha value is -1.22. The van der Waals surface area contributed by atoms with Gasteiger partial charge in [-0.25, -0.2) is 0 Å². The maximum atomic E-state index is 9.76. The molecule has 0 radical (unpaired) electrons. The molecule has 0 aliphatic carbocycles. The molecule has 1 saturated heterocycles. The number of hydrogen-bond acceptors (Lipinski definition) is 3. The maximum absolute atomic E-state index is 9.76. The Labute approximate surface area is 77.3 Å². The SMILES string of the molecule is COc1cccc(C2CCN2)c1O. The van der Waals surface area contributed by atoms with Gasteiger partial charge in [0, 0.05) is 11.6 Å². The summed E-state index contributed by atoms with van der Waals surface area (Å²) in [5.41, 5.74) is 0.936. The molecule has 3 nitrogen and oxygen atoms in total. The fourth-order valence-electron chi connectivity index (χ4n) is 1.54. The molecule has 3 heteroatoms. The highest BCUT2D eigenvalue weighted by Crippen LogP contribution is 2.36. The van der Waals surface area contributed by atoms with Crippen molar-refractivity contribution in [3.05, 3.63) is 23.8 Å². The zero-order valence-electron chi connectivity index (χ0n) is 7.58. The highest BCUT2D eigenvalue weighted by atomic mass is 16.5. The number of rotatable bonds is 2. The largest absolute Gasteiger partial charge is 0.504 e. The van der Waals surface area contributed by atoms with Gasteiger partial charge in [-0.3, -0.25) is 0 Å². The first-order valence-electron chi connectivity index (χ1n) is 4.42. The molecule has 1 aromatic carbocycles. The van der Waals surface area contributed by atoms with Crippen LogP contribution in [0, 0.1) is 0 Å². The van der Waals surface area contributed by atoms with Crippen LogP contribution < -0.4 is 10.1 Å². The molecule has 2 N–H and O–H groups in total. The lowest BCUT2D eigenvalue weighted by Gasteiger charge is -2.28. The first-order valence-corrected chi connectivity index (χ1v) is 4.42. The summed E-state index contributed by atoms with van der Waals surface area (Å²) >= 11 is 0. The normalized spacial score (nSPS) is 20.8. The van der Waals surface area contributed by atoms with Gasteiger partial charge in [0.25, 0.3) is 0 Å². The molecule has 1 heterocycles. The lowest BCUT2D eigenvalue weighted by molar-refractivity contribution is 0.342. The summed E-state index contributed by atoms with van der Waals surface area (Å²) in [6, 6.07) is 5.88. The van der Waals surface area contributed by atoms with E-state index in [0.29, 0.717) is 11.8 Å². The van der Waals surface area contributed by atoms with Gasteiger partial charge in [-0.1, -0.05) is 12.1 Å². The van der Waals surface area contributed by atoms with Gasteiger partial charge in [-0.05, 0) is 19.0 Å². The molecule has 0 bridgehead atoms. The molecular weight excluding hydrogens is 166 g/mol. The molecule has 0 aromatic heterocycles. The summed E-state index contributed by atoms with van der Waals surface area (Å²) in [7, 11) is 1.56. The van der Waals surface area contributed by atoms with E-state index in [1.165, 1.54) is 0 Å². The summed E-state index contributed by atoms with van der Waals surface area (Å²) < 4.78 is 5.03. The molecular formula is C10H13NO2. The Bertz CT molecular complexity index is 308. The van der Waals surface area contributed by atoms with E-state index >= 15 is 0 Å². The third-order valence-corrected chi connectivity index (χ3v) is 2.45. The number of benzene rings is 1. The summed E-state index contributed by atoms with van der Waals surface area (Å²) in [5, 5.41) is 13.0. The van der Waals surface area contributed by atoms with Gasteiger partial charge < -0.3 is 15.2 Å². The second kappa shape index (κ2) is 3.26. The zero-order chi connectivity index (χ0) is 9.26. The van der Waals surface area contributed by atoms with E-state index in [4.69, 9.17) is 4.74 Å². The summed E-state index contributed by atoms with van der Waals surface area (Å²) in [5.74, 6) is 0.813. The average Bonchev–Trinajstić information content (AvgIpc) is 2.05. The van der Waals surface area contributed by atoms with Crippen LogP contribution in [0.25, 0.3) is 0 Å². The molecule has 0 saturated carbocycles. The molecule has 1 unspecified atom stereocenters. The van der Waals surface area contributed by atoms with Crippen LogP contribution in [0.4, 0.5) is 0 Å². The van der Waals surface area contributed by atoms with E-state index in [2.05, 4.69) is 5.32 Å². The topological polar surface area (TPSA) is 41.5 Å². The van der Waals surface area contributed by atoms with Crippen LogP contribution >= 0.6 is 0 Å². The minimum absolute atomic E-state index is 0.266. The van der Waals surface area contributed by atoms with Gasteiger partial charge in [0.1, 0.15) is 0 Å². The molecule has 13 heavy (non-hydrogen) atoms. The molecule has 0 spiro atoms. The van der Waals surface area contributed by atoms with E-state index in [-0.39, 0.29) is 5.75 Å². The van der Waals surface area contributed by atoms with Crippen LogP contribution in [-0.2, 0) is 0 Å². The first kappa shape index (κ1) is 8.38. The fourth-order valence-corrected chi connectivity index (χ4v) is 1.54. The minimum Gasteiger partial charge on any atom is -0.504 e. The Morgan fingerprint density at radius 1 is 1.54 bits per heavy atom. The number of hydrogen-bond donors (Lipinski definition) is 2. The highest BCUT2D eigenvalue weighted by molar-refractivity contribution is 5.47. The zero-order valence-corrected chi connectivity index (χ0v) is 7.58. The van der Waals surface area contributed by atoms with Crippen LogP contribution in [0.15, 0.2) is 18.2 Å². The predicted octanol–water partition coefficient (Wildman–Crippen LogP) is 1.44. The number of methoxy groups -OCH3 is 1. The van der Waals surface area contributed by atoms with E-state index < -0.39 is 0 Å². The lowest BCUT2D eigenvalue weighted by atomic mass is 9.97. The lowest BCUT2D eigenvalue weighted by Crippen LogP contribution is -2.34. The van der Waals surface area contributed by atoms with Crippen LogP contribution in [0.3, 0.4) is 0 Å². The molecule has 1 aliphatic heterocycles. The Morgan fingerprint density at radius 2 is 2.31 bits per heavy atom. The standard InChI is InChI=1S/C10H13NO2/c1-13-9-4-2-3-7(10(9)12)8-5-6-11-8/h2-4,8,11-12H,5-6H2,1H3. The van der Waals surface area contributed by atoms with Gasteiger partial charge in [0.2, 0.25) is 0 Å². The van der Waals surface area contributed by atoms with Gasteiger partial charge >= 0.3 is 0 Å². The summed E-state index contributed by atoms with van der Waals surface area (Å²) in [6.45, 7) is 1.03. The van der Waals surface area contributed by atoms with Crippen molar-refractivity contribution in [3.63, 3.8) is 0 Å².